The van der Waals surface area contributed by atoms with Crippen LogP contribution in [-0.4, -0.2) is 42.3 Å². The van der Waals surface area contributed by atoms with E-state index in [1.807, 2.05) is 0 Å². The van der Waals surface area contributed by atoms with Crippen LogP contribution in [0.2, 0.25) is 0 Å². The van der Waals surface area contributed by atoms with E-state index in [0.29, 0.717) is 16.9 Å². The van der Waals surface area contributed by atoms with Gasteiger partial charge in [-0.2, -0.15) is 5.10 Å². The number of amides is 2. The molecule has 2 aromatic rings. The first-order valence-corrected chi connectivity index (χ1v) is 7.08. The Hall–Kier alpha value is -3.35. The maximum absolute atomic E-state index is 11.9. The Morgan fingerprint density at radius 3 is 2.46 bits per heavy atom. The Kier molecular flexibility index (Phi) is 5.51. The molecule has 0 bridgehead atoms. The SMILES string of the molecule is CN(C)C(=O)Oc1ccccc1/C=N/NC(=O)c1ccc(O)cc1. The van der Waals surface area contributed by atoms with Crippen molar-refractivity contribution < 1.29 is 19.4 Å². The molecule has 0 spiro atoms. The normalized spacial score (nSPS) is 10.4. The molecule has 24 heavy (non-hydrogen) atoms. The van der Waals surface area contributed by atoms with E-state index < -0.39 is 12.0 Å². The summed E-state index contributed by atoms with van der Waals surface area (Å²) in [4.78, 5) is 24.8. The summed E-state index contributed by atoms with van der Waals surface area (Å²) in [5.74, 6) is -0.0143. The lowest BCUT2D eigenvalue weighted by molar-refractivity contribution is 0.0955. The van der Waals surface area contributed by atoms with Crippen LogP contribution in [0.5, 0.6) is 11.5 Å². The largest absolute Gasteiger partial charge is 0.508 e. The van der Waals surface area contributed by atoms with Crippen LogP contribution < -0.4 is 10.2 Å². The molecule has 124 valence electrons. The smallest absolute Gasteiger partial charge is 0.414 e. The summed E-state index contributed by atoms with van der Waals surface area (Å²) in [6.45, 7) is 0. The summed E-state index contributed by atoms with van der Waals surface area (Å²) in [6, 6.07) is 12.6. The third-order valence-electron chi connectivity index (χ3n) is 2.98. The third-order valence-corrected chi connectivity index (χ3v) is 2.98. The molecule has 0 aromatic heterocycles. The zero-order valence-electron chi connectivity index (χ0n) is 13.3. The van der Waals surface area contributed by atoms with Crippen molar-refractivity contribution in [3.05, 3.63) is 59.7 Å². The highest BCUT2D eigenvalue weighted by molar-refractivity contribution is 5.95. The zero-order valence-corrected chi connectivity index (χ0v) is 13.3. The van der Waals surface area contributed by atoms with E-state index in [0.717, 1.165) is 0 Å². The number of phenols is 1. The van der Waals surface area contributed by atoms with Crippen LogP contribution >= 0.6 is 0 Å². The molecule has 2 amide bonds. The van der Waals surface area contributed by atoms with Crippen LogP contribution in [0.25, 0.3) is 0 Å². The number of rotatable bonds is 4. The Labute approximate surface area is 139 Å². The van der Waals surface area contributed by atoms with Gasteiger partial charge < -0.3 is 14.7 Å². The monoisotopic (exact) mass is 327 g/mol. The van der Waals surface area contributed by atoms with Gasteiger partial charge in [0.05, 0.1) is 6.21 Å². The van der Waals surface area contributed by atoms with Crippen molar-refractivity contribution in [1.82, 2.24) is 10.3 Å². The first-order chi connectivity index (χ1) is 11.5. The molecule has 0 saturated heterocycles. The van der Waals surface area contributed by atoms with Crippen LogP contribution in [0.15, 0.2) is 53.6 Å². The van der Waals surface area contributed by atoms with Gasteiger partial charge in [-0.15, -0.1) is 0 Å². The quantitative estimate of drug-likeness (QED) is 0.665. The first-order valence-electron chi connectivity index (χ1n) is 7.08. The molecule has 0 aliphatic heterocycles. The van der Waals surface area contributed by atoms with Gasteiger partial charge >= 0.3 is 6.09 Å². The average Bonchev–Trinajstić information content (AvgIpc) is 2.56. The predicted molar refractivity (Wildman–Crippen MR) is 89.3 cm³/mol. The van der Waals surface area contributed by atoms with Crippen LogP contribution in [0.3, 0.4) is 0 Å². The number of ether oxygens (including phenoxy) is 1. The van der Waals surface area contributed by atoms with Crippen LogP contribution in [0, 0.1) is 0 Å². The topological polar surface area (TPSA) is 91.2 Å². The van der Waals surface area contributed by atoms with E-state index >= 15 is 0 Å². The number of nitrogens with zero attached hydrogens (tertiary/aromatic N) is 2. The summed E-state index contributed by atoms with van der Waals surface area (Å²) in [6.07, 6.45) is 0.875. The summed E-state index contributed by atoms with van der Waals surface area (Å²) < 4.78 is 5.22. The van der Waals surface area contributed by atoms with Gasteiger partial charge in [-0.3, -0.25) is 4.79 Å². The van der Waals surface area contributed by atoms with E-state index in [1.54, 1.807) is 38.4 Å². The van der Waals surface area contributed by atoms with Crippen molar-refractivity contribution in [2.45, 2.75) is 0 Å². The van der Waals surface area contributed by atoms with Crippen molar-refractivity contribution in [3.63, 3.8) is 0 Å². The minimum Gasteiger partial charge on any atom is -0.508 e. The average molecular weight is 327 g/mol. The maximum atomic E-state index is 11.9. The minimum atomic E-state index is -0.510. The van der Waals surface area contributed by atoms with Gasteiger partial charge in [0.15, 0.2) is 0 Å². The van der Waals surface area contributed by atoms with Gasteiger partial charge in [0.2, 0.25) is 0 Å². The fourth-order valence-electron chi connectivity index (χ4n) is 1.70. The third kappa shape index (κ3) is 4.57. The molecule has 0 saturated carbocycles. The van der Waals surface area contributed by atoms with E-state index in [9.17, 15) is 14.7 Å². The lowest BCUT2D eigenvalue weighted by atomic mass is 10.2. The number of nitrogens with one attached hydrogen (secondary N) is 1. The zero-order chi connectivity index (χ0) is 17.5. The van der Waals surface area contributed by atoms with Crippen LogP contribution in [0.1, 0.15) is 15.9 Å². The molecular formula is C17H17N3O4. The molecule has 0 heterocycles. The summed E-state index contributed by atoms with van der Waals surface area (Å²) in [5.41, 5.74) is 3.27. The van der Waals surface area contributed by atoms with Gasteiger partial charge in [0.1, 0.15) is 11.5 Å². The number of hydrogen-bond acceptors (Lipinski definition) is 5. The number of hydrogen-bond donors (Lipinski definition) is 2. The number of aromatic hydroxyl groups is 1. The predicted octanol–water partition coefficient (Wildman–Crippen LogP) is 2.22. The number of benzene rings is 2. The molecule has 0 fully saturated rings. The van der Waals surface area contributed by atoms with Gasteiger partial charge in [0.25, 0.3) is 5.91 Å². The van der Waals surface area contributed by atoms with E-state index in [4.69, 9.17) is 4.74 Å². The Morgan fingerprint density at radius 2 is 1.79 bits per heavy atom. The van der Waals surface area contributed by atoms with Crippen LogP contribution in [-0.2, 0) is 0 Å². The Bertz CT molecular complexity index is 755. The minimum absolute atomic E-state index is 0.0756. The van der Waals surface area contributed by atoms with Gasteiger partial charge in [0, 0.05) is 25.2 Å². The molecule has 7 nitrogen and oxygen atoms in total. The molecule has 0 unspecified atom stereocenters. The summed E-state index contributed by atoms with van der Waals surface area (Å²) in [7, 11) is 3.16. The number of para-hydroxylation sites is 1. The standard InChI is InChI=1S/C17H17N3O4/c1-20(2)17(23)24-15-6-4-3-5-13(15)11-18-19-16(22)12-7-9-14(21)10-8-12/h3-11,21H,1-2H3,(H,19,22)/b18-11+. The van der Waals surface area contributed by atoms with Crippen molar-refractivity contribution in [3.8, 4) is 11.5 Å². The first kappa shape index (κ1) is 17.0. The van der Waals surface area contributed by atoms with Crippen LogP contribution in [0.4, 0.5) is 4.79 Å². The van der Waals surface area contributed by atoms with E-state index in [2.05, 4.69) is 10.5 Å². The van der Waals surface area contributed by atoms with E-state index in [1.165, 1.54) is 35.4 Å². The number of carbonyl (C=O) groups excluding carboxylic acids is 2. The van der Waals surface area contributed by atoms with Crippen molar-refractivity contribution in [2.24, 2.45) is 5.10 Å². The molecule has 0 radical (unpaired) electrons. The molecule has 0 atom stereocenters. The maximum Gasteiger partial charge on any atom is 0.414 e. The van der Waals surface area contributed by atoms with Crippen molar-refractivity contribution in [2.75, 3.05) is 14.1 Å². The number of carbonyl (C=O) groups is 2. The molecule has 2 N–H and O–H groups in total. The lowest BCUT2D eigenvalue weighted by Gasteiger charge is -2.12. The van der Waals surface area contributed by atoms with Crippen molar-refractivity contribution >= 4 is 18.2 Å². The summed E-state index contributed by atoms with van der Waals surface area (Å²) in [5, 5.41) is 13.1. The van der Waals surface area contributed by atoms with Gasteiger partial charge in [-0.25, -0.2) is 10.2 Å². The van der Waals surface area contributed by atoms with Gasteiger partial charge in [-0.05, 0) is 36.4 Å². The highest BCUT2D eigenvalue weighted by Crippen LogP contribution is 2.16. The molecule has 2 aromatic carbocycles. The molecule has 2 rings (SSSR count). The fraction of sp³-hybridized carbons (Fsp3) is 0.118. The highest BCUT2D eigenvalue weighted by Gasteiger charge is 2.09. The molecule has 0 aliphatic carbocycles. The fourth-order valence-corrected chi connectivity index (χ4v) is 1.70. The summed E-state index contributed by atoms with van der Waals surface area (Å²) >= 11 is 0. The lowest BCUT2D eigenvalue weighted by Crippen LogP contribution is -2.25. The second kappa shape index (κ2) is 7.77. The van der Waals surface area contributed by atoms with Gasteiger partial charge in [-0.1, -0.05) is 12.1 Å². The second-order valence-corrected chi connectivity index (χ2v) is 5.05. The number of phenolic OH excluding ortho intramolecular Hbond substituents is 1. The molecule has 7 heteroatoms. The highest BCUT2D eigenvalue weighted by atomic mass is 16.6. The second-order valence-electron chi connectivity index (χ2n) is 5.05. The molecule has 0 aliphatic rings. The molecular weight excluding hydrogens is 310 g/mol. The Morgan fingerprint density at radius 1 is 1.12 bits per heavy atom. The Balaban J connectivity index is 2.05. The van der Waals surface area contributed by atoms with E-state index in [-0.39, 0.29) is 5.75 Å². The number of hydrazone groups is 1. The van der Waals surface area contributed by atoms with Crippen molar-refractivity contribution in [1.29, 1.82) is 0 Å².